The number of hydrogen-bond donors (Lipinski definition) is 0. The van der Waals surface area contributed by atoms with Gasteiger partial charge >= 0.3 is 6.18 Å². The number of carbonyl (C=O) groups excluding carboxylic acids is 1. The van der Waals surface area contributed by atoms with Crippen LogP contribution >= 0.6 is 11.8 Å². The summed E-state index contributed by atoms with van der Waals surface area (Å²) in [4.78, 5) is 18.3. The predicted molar refractivity (Wildman–Crippen MR) is 87.8 cm³/mol. The lowest BCUT2D eigenvalue weighted by Gasteiger charge is -2.39. The highest BCUT2D eigenvalue weighted by Gasteiger charge is 2.35. The fourth-order valence-corrected chi connectivity index (χ4v) is 3.09. The van der Waals surface area contributed by atoms with Gasteiger partial charge in [-0.3, -0.25) is 9.78 Å². The molecule has 1 aromatic heterocycles. The first-order chi connectivity index (χ1) is 11.9. The zero-order chi connectivity index (χ0) is 18.0. The fraction of sp³-hybridized carbons (Fsp3) is 0.294. The normalized spacial score (nSPS) is 15.0. The Kier molecular flexibility index (Phi) is 4.89. The van der Waals surface area contributed by atoms with Crippen molar-refractivity contribution in [3.63, 3.8) is 0 Å². The summed E-state index contributed by atoms with van der Waals surface area (Å²) in [5.41, 5.74) is -0.372. The van der Waals surface area contributed by atoms with E-state index in [2.05, 4.69) is 4.98 Å². The maximum Gasteiger partial charge on any atom is 0.433 e. The number of thioether (sulfide) groups is 1. The van der Waals surface area contributed by atoms with E-state index in [1.165, 1.54) is 17.8 Å². The van der Waals surface area contributed by atoms with Crippen molar-refractivity contribution in [1.82, 2.24) is 9.88 Å². The molecule has 0 unspecified atom stereocenters. The van der Waals surface area contributed by atoms with Gasteiger partial charge < -0.3 is 9.64 Å². The van der Waals surface area contributed by atoms with Gasteiger partial charge in [0.15, 0.2) is 0 Å². The van der Waals surface area contributed by atoms with E-state index in [9.17, 15) is 18.0 Å². The second-order valence-corrected chi connectivity index (χ2v) is 6.37. The predicted octanol–water partition coefficient (Wildman–Crippen LogP) is 3.73. The SMILES string of the molecule is CSc1ccccc1C(=O)N1CC(Oc2ccnc(C(F)(F)F)c2)C1. The summed E-state index contributed by atoms with van der Waals surface area (Å²) in [5, 5.41) is 0. The third-order valence-electron chi connectivity index (χ3n) is 3.80. The molecule has 8 heteroatoms. The minimum atomic E-state index is -4.51. The van der Waals surface area contributed by atoms with Crippen molar-refractivity contribution < 1.29 is 22.7 Å². The molecule has 1 aliphatic rings. The van der Waals surface area contributed by atoms with Gasteiger partial charge in [-0.05, 0) is 24.5 Å². The van der Waals surface area contributed by atoms with E-state index in [4.69, 9.17) is 4.74 Å². The summed E-state index contributed by atoms with van der Waals surface area (Å²) < 4.78 is 43.5. The fourth-order valence-electron chi connectivity index (χ4n) is 2.50. The van der Waals surface area contributed by atoms with Crippen LogP contribution in [0.15, 0.2) is 47.5 Å². The third-order valence-corrected chi connectivity index (χ3v) is 4.59. The minimum Gasteiger partial charge on any atom is -0.487 e. The van der Waals surface area contributed by atoms with E-state index < -0.39 is 11.9 Å². The monoisotopic (exact) mass is 368 g/mol. The van der Waals surface area contributed by atoms with Gasteiger partial charge in [-0.2, -0.15) is 13.2 Å². The number of halogens is 3. The van der Waals surface area contributed by atoms with Crippen molar-refractivity contribution in [3.8, 4) is 5.75 Å². The molecule has 0 saturated carbocycles. The number of carbonyl (C=O) groups is 1. The Morgan fingerprint density at radius 2 is 2.00 bits per heavy atom. The Balaban J connectivity index is 1.61. The summed E-state index contributed by atoms with van der Waals surface area (Å²) in [5.74, 6) is -0.000512. The first kappa shape index (κ1) is 17.6. The molecule has 0 N–H and O–H groups in total. The smallest absolute Gasteiger partial charge is 0.433 e. The topological polar surface area (TPSA) is 42.4 Å². The Labute approximate surface area is 147 Å². The van der Waals surface area contributed by atoms with Gasteiger partial charge in [-0.25, -0.2) is 0 Å². The van der Waals surface area contributed by atoms with Gasteiger partial charge in [0.25, 0.3) is 5.91 Å². The number of pyridine rings is 1. The molecule has 4 nitrogen and oxygen atoms in total. The third kappa shape index (κ3) is 3.89. The molecule has 1 amide bonds. The van der Waals surface area contributed by atoms with Gasteiger partial charge in [0.05, 0.1) is 18.7 Å². The molecule has 1 aliphatic heterocycles. The van der Waals surface area contributed by atoms with Crippen LogP contribution in [0.5, 0.6) is 5.75 Å². The van der Waals surface area contributed by atoms with Crippen LogP contribution in [-0.2, 0) is 6.18 Å². The largest absolute Gasteiger partial charge is 0.487 e. The van der Waals surface area contributed by atoms with Gasteiger partial charge in [0.2, 0.25) is 0 Å². The molecule has 1 fully saturated rings. The van der Waals surface area contributed by atoms with Gasteiger partial charge in [-0.15, -0.1) is 11.8 Å². The van der Waals surface area contributed by atoms with Crippen LogP contribution in [0.3, 0.4) is 0 Å². The lowest BCUT2D eigenvalue weighted by atomic mass is 10.1. The summed E-state index contributed by atoms with van der Waals surface area (Å²) in [6, 6.07) is 9.56. The summed E-state index contributed by atoms with van der Waals surface area (Å²) >= 11 is 1.49. The molecule has 0 aliphatic carbocycles. The van der Waals surface area contributed by atoms with Crippen molar-refractivity contribution in [2.24, 2.45) is 0 Å². The van der Waals surface area contributed by atoms with Gasteiger partial charge in [0, 0.05) is 17.2 Å². The van der Waals surface area contributed by atoms with Crippen LogP contribution in [0.4, 0.5) is 13.2 Å². The lowest BCUT2D eigenvalue weighted by molar-refractivity contribution is -0.141. The zero-order valence-corrected chi connectivity index (χ0v) is 14.1. The van der Waals surface area contributed by atoms with Crippen molar-refractivity contribution in [2.75, 3.05) is 19.3 Å². The Morgan fingerprint density at radius 3 is 2.68 bits per heavy atom. The zero-order valence-electron chi connectivity index (χ0n) is 13.3. The molecule has 0 spiro atoms. The number of rotatable bonds is 4. The molecule has 1 aromatic carbocycles. The summed E-state index contributed by atoms with van der Waals surface area (Å²) in [6.07, 6.45) is -1.87. The van der Waals surface area contributed by atoms with E-state index in [-0.39, 0.29) is 17.8 Å². The highest BCUT2D eigenvalue weighted by atomic mass is 32.2. The number of amides is 1. The van der Waals surface area contributed by atoms with Crippen LogP contribution in [-0.4, -0.2) is 41.2 Å². The molecule has 2 aromatic rings. The highest BCUT2D eigenvalue weighted by molar-refractivity contribution is 7.98. The summed E-state index contributed by atoms with van der Waals surface area (Å²) in [6.45, 7) is 0.677. The second kappa shape index (κ2) is 6.95. The number of alkyl halides is 3. The van der Waals surface area contributed by atoms with E-state index >= 15 is 0 Å². The Morgan fingerprint density at radius 1 is 1.28 bits per heavy atom. The molecule has 0 bridgehead atoms. The molecule has 2 heterocycles. The first-order valence-electron chi connectivity index (χ1n) is 7.50. The van der Waals surface area contributed by atoms with Crippen molar-refractivity contribution in [2.45, 2.75) is 17.2 Å². The van der Waals surface area contributed by atoms with Crippen LogP contribution in [0.25, 0.3) is 0 Å². The standard InChI is InChI=1S/C17H15F3N2O2S/c1-25-14-5-3-2-4-13(14)16(23)22-9-12(10-22)24-11-6-7-21-15(8-11)17(18,19)20/h2-8,12H,9-10H2,1H3. The van der Waals surface area contributed by atoms with E-state index in [0.29, 0.717) is 18.7 Å². The molecule has 0 radical (unpaired) electrons. The number of hydrogen-bond acceptors (Lipinski definition) is 4. The molecular formula is C17H15F3N2O2S. The van der Waals surface area contributed by atoms with Crippen LogP contribution in [0.2, 0.25) is 0 Å². The quantitative estimate of drug-likeness (QED) is 0.772. The second-order valence-electron chi connectivity index (χ2n) is 5.52. The number of benzene rings is 1. The molecule has 0 atom stereocenters. The number of likely N-dealkylation sites (tertiary alicyclic amines) is 1. The van der Waals surface area contributed by atoms with E-state index in [1.54, 1.807) is 17.0 Å². The average molecular weight is 368 g/mol. The van der Waals surface area contributed by atoms with Crippen molar-refractivity contribution in [1.29, 1.82) is 0 Å². The van der Waals surface area contributed by atoms with Crippen molar-refractivity contribution >= 4 is 17.7 Å². The number of ether oxygens (including phenoxy) is 1. The van der Waals surface area contributed by atoms with Crippen LogP contribution in [0, 0.1) is 0 Å². The molecule has 132 valence electrons. The van der Waals surface area contributed by atoms with Crippen LogP contribution in [0.1, 0.15) is 16.1 Å². The lowest BCUT2D eigenvalue weighted by Crippen LogP contribution is -2.56. The molecule has 25 heavy (non-hydrogen) atoms. The van der Waals surface area contributed by atoms with E-state index in [0.717, 1.165) is 17.2 Å². The summed E-state index contributed by atoms with van der Waals surface area (Å²) in [7, 11) is 0. The van der Waals surface area contributed by atoms with Crippen molar-refractivity contribution in [3.05, 3.63) is 53.9 Å². The minimum absolute atomic E-state index is 0.101. The Hall–Kier alpha value is -2.22. The maximum atomic E-state index is 12.7. The molecule has 1 saturated heterocycles. The first-order valence-corrected chi connectivity index (χ1v) is 8.73. The number of nitrogens with zero attached hydrogens (tertiary/aromatic N) is 2. The Bertz CT molecular complexity index is 776. The molecule has 3 rings (SSSR count). The highest BCUT2D eigenvalue weighted by Crippen LogP contribution is 2.30. The van der Waals surface area contributed by atoms with Gasteiger partial charge in [0.1, 0.15) is 17.5 Å². The number of aromatic nitrogens is 1. The molecular weight excluding hydrogens is 353 g/mol. The van der Waals surface area contributed by atoms with E-state index in [1.807, 2.05) is 18.4 Å². The maximum absolute atomic E-state index is 12.7. The van der Waals surface area contributed by atoms with Crippen LogP contribution < -0.4 is 4.74 Å². The average Bonchev–Trinajstić information content (AvgIpc) is 2.56. The van der Waals surface area contributed by atoms with Gasteiger partial charge in [-0.1, -0.05) is 12.1 Å².